The van der Waals surface area contributed by atoms with Crippen molar-refractivity contribution >= 4 is 12.0 Å². The molecule has 0 fully saturated rings. The number of aromatic nitrogens is 2. The first-order chi connectivity index (χ1) is 17.4. The summed E-state index contributed by atoms with van der Waals surface area (Å²) in [5.74, 6) is 0.787. The third kappa shape index (κ3) is 5.56. The third-order valence-corrected chi connectivity index (χ3v) is 6.08. The molecule has 2 amide bonds. The van der Waals surface area contributed by atoms with E-state index >= 15 is 0 Å². The molecule has 0 atom stereocenters. The van der Waals surface area contributed by atoms with Crippen molar-refractivity contribution in [2.75, 3.05) is 20.3 Å². The molecule has 0 radical (unpaired) electrons. The van der Waals surface area contributed by atoms with Crippen LogP contribution in [0.15, 0.2) is 53.3 Å². The Balaban J connectivity index is 1.63. The topological polar surface area (TPSA) is 103 Å². The van der Waals surface area contributed by atoms with Gasteiger partial charge in [-0.3, -0.25) is 14.2 Å². The molecule has 188 valence electrons. The van der Waals surface area contributed by atoms with Gasteiger partial charge in [-0.15, -0.1) is 0 Å². The van der Waals surface area contributed by atoms with Gasteiger partial charge in [0.05, 0.1) is 26.0 Å². The lowest BCUT2D eigenvalue weighted by Gasteiger charge is -2.28. The number of nitrogens with zero attached hydrogens (tertiary/aromatic N) is 3. The molecule has 0 bridgehead atoms. The van der Waals surface area contributed by atoms with Crippen molar-refractivity contribution in [3.63, 3.8) is 0 Å². The molecule has 9 heteroatoms. The van der Waals surface area contributed by atoms with Crippen molar-refractivity contribution < 1.29 is 19.1 Å². The van der Waals surface area contributed by atoms with Gasteiger partial charge >= 0.3 is 6.09 Å². The fourth-order valence-electron chi connectivity index (χ4n) is 4.15. The average molecular weight is 491 g/mol. The molecule has 0 saturated heterocycles. The van der Waals surface area contributed by atoms with Crippen molar-refractivity contribution in [1.82, 2.24) is 19.8 Å². The van der Waals surface area contributed by atoms with Gasteiger partial charge in [0, 0.05) is 24.2 Å². The zero-order valence-electron chi connectivity index (χ0n) is 20.7. The van der Waals surface area contributed by atoms with E-state index in [0.29, 0.717) is 47.9 Å². The fourth-order valence-corrected chi connectivity index (χ4v) is 4.15. The normalized spacial score (nSPS) is 12.6. The van der Waals surface area contributed by atoms with Crippen molar-refractivity contribution in [2.24, 2.45) is 0 Å². The molecule has 1 aromatic heterocycles. The summed E-state index contributed by atoms with van der Waals surface area (Å²) in [7, 11) is 1.59. The van der Waals surface area contributed by atoms with E-state index in [1.54, 1.807) is 18.9 Å². The van der Waals surface area contributed by atoms with E-state index in [9.17, 15) is 14.4 Å². The molecule has 0 spiro atoms. The van der Waals surface area contributed by atoms with Gasteiger partial charge in [-0.05, 0) is 38.0 Å². The van der Waals surface area contributed by atoms with Gasteiger partial charge in [0.2, 0.25) is 5.91 Å². The molecule has 1 N–H and O–H groups in total. The first kappa shape index (κ1) is 25.0. The van der Waals surface area contributed by atoms with Crippen molar-refractivity contribution in [1.29, 1.82) is 0 Å². The van der Waals surface area contributed by atoms with E-state index in [-0.39, 0.29) is 31.2 Å². The minimum Gasteiger partial charge on any atom is -0.497 e. The van der Waals surface area contributed by atoms with Gasteiger partial charge < -0.3 is 19.7 Å². The molecule has 2 aromatic carbocycles. The quantitative estimate of drug-likeness (QED) is 0.546. The Morgan fingerprint density at radius 1 is 1.14 bits per heavy atom. The van der Waals surface area contributed by atoms with Crippen molar-refractivity contribution in [3.05, 3.63) is 81.3 Å². The molecule has 1 aliphatic heterocycles. The highest BCUT2D eigenvalue weighted by atomic mass is 16.6. The van der Waals surface area contributed by atoms with Crippen LogP contribution in [0.3, 0.4) is 0 Å². The predicted octanol–water partition coefficient (Wildman–Crippen LogP) is 3.06. The number of aryl methyl sites for hydroxylation is 1. The number of nitrogens with one attached hydrogen (secondary N) is 1. The van der Waals surface area contributed by atoms with Gasteiger partial charge in [0.25, 0.3) is 5.56 Å². The zero-order chi connectivity index (χ0) is 25.7. The number of carbonyl (C=O) groups is 2. The monoisotopic (exact) mass is 490 g/mol. The Morgan fingerprint density at radius 3 is 2.64 bits per heavy atom. The maximum absolute atomic E-state index is 13.6. The fraction of sp³-hybridized carbons (Fsp3) is 0.333. The lowest BCUT2D eigenvalue weighted by Crippen LogP contribution is -2.42. The van der Waals surface area contributed by atoms with Crippen LogP contribution in [0.2, 0.25) is 0 Å². The number of methoxy groups -OCH3 is 1. The number of hydrogen-bond donors (Lipinski definition) is 1. The number of ether oxygens (including phenoxy) is 2. The summed E-state index contributed by atoms with van der Waals surface area (Å²) in [4.78, 5) is 45.1. The van der Waals surface area contributed by atoms with E-state index < -0.39 is 6.09 Å². The molecule has 9 nitrogen and oxygen atoms in total. The van der Waals surface area contributed by atoms with Crippen molar-refractivity contribution in [2.45, 2.75) is 39.9 Å². The Morgan fingerprint density at radius 2 is 1.92 bits per heavy atom. The molecule has 2 heterocycles. The van der Waals surface area contributed by atoms with Gasteiger partial charge in [-0.2, -0.15) is 0 Å². The summed E-state index contributed by atoms with van der Waals surface area (Å²) in [5, 5.41) is 2.88. The minimum absolute atomic E-state index is 0.173. The molecule has 0 saturated carbocycles. The van der Waals surface area contributed by atoms with Gasteiger partial charge in [0.15, 0.2) is 0 Å². The molecule has 1 aliphatic rings. The van der Waals surface area contributed by atoms with Crippen LogP contribution >= 0.6 is 0 Å². The summed E-state index contributed by atoms with van der Waals surface area (Å²) in [6, 6.07) is 15.0. The van der Waals surface area contributed by atoms with Gasteiger partial charge in [0.1, 0.15) is 18.1 Å². The van der Waals surface area contributed by atoms with Crippen LogP contribution in [0.25, 0.3) is 11.4 Å². The number of benzene rings is 2. The number of hydrogen-bond acceptors (Lipinski definition) is 6. The van der Waals surface area contributed by atoms with Crippen LogP contribution in [0.1, 0.15) is 29.3 Å². The average Bonchev–Trinajstić information content (AvgIpc) is 2.89. The van der Waals surface area contributed by atoms with Crippen molar-refractivity contribution in [3.8, 4) is 17.1 Å². The largest absolute Gasteiger partial charge is 0.497 e. The summed E-state index contributed by atoms with van der Waals surface area (Å²) >= 11 is 0. The summed E-state index contributed by atoms with van der Waals surface area (Å²) < 4.78 is 11.8. The van der Waals surface area contributed by atoms with Gasteiger partial charge in [-0.1, -0.05) is 42.0 Å². The summed E-state index contributed by atoms with van der Waals surface area (Å²) in [5.41, 5.74) is 3.45. The number of fused-ring (bicyclic) bond motifs is 1. The number of carbonyl (C=O) groups excluding carboxylic acids is 2. The van der Waals surface area contributed by atoms with Crippen LogP contribution in [-0.4, -0.2) is 46.7 Å². The Hall–Kier alpha value is -4.14. The predicted molar refractivity (Wildman–Crippen MR) is 135 cm³/mol. The Labute approximate surface area is 209 Å². The summed E-state index contributed by atoms with van der Waals surface area (Å²) in [6.45, 7) is 4.67. The molecular formula is C27H30N4O5. The molecule has 0 unspecified atom stereocenters. The van der Waals surface area contributed by atoms with Crippen LogP contribution < -0.4 is 15.6 Å². The second kappa shape index (κ2) is 11.1. The Bertz CT molecular complexity index is 1320. The molecular weight excluding hydrogens is 460 g/mol. The van der Waals surface area contributed by atoms with Gasteiger partial charge in [-0.25, -0.2) is 9.78 Å². The van der Waals surface area contributed by atoms with E-state index in [4.69, 9.17) is 14.5 Å². The highest BCUT2D eigenvalue weighted by Crippen LogP contribution is 2.22. The zero-order valence-corrected chi connectivity index (χ0v) is 20.7. The highest BCUT2D eigenvalue weighted by Gasteiger charge is 2.27. The maximum atomic E-state index is 13.6. The third-order valence-electron chi connectivity index (χ3n) is 6.08. The van der Waals surface area contributed by atoms with Crippen LogP contribution in [-0.2, 0) is 35.6 Å². The summed E-state index contributed by atoms with van der Waals surface area (Å²) in [6.07, 6.45) is -0.0810. The molecule has 0 aliphatic carbocycles. The Kier molecular flexibility index (Phi) is 7.68. The van der Waals surface area contributed by atoms with E-state index in [0.717, 1.165) is 11.1 Å². The molecule has 3 aromatic rings. The minimum atomic E-state index is -0.428. The van der Waals surface area contributed by atoms with E-state index in [2.05, 4.69) is 5.32 Å². The molecule has 36 heavy (non-hydrogen) atoms. The SMILES string of the molecule is CCOC(=O)N1CCc2c(nc(-c3ccc(C)cc3)n(CC(=O)NCc3cccc(OC)c3)c2=O)C1. The number of rotatable bonds is 7. The number of amides is 2. The standard InChI is InChI=1S/C27H30N4O5/c1-4-36-27(34)30-13-12-22-23(16-30)29-25(20-10-8-18(2)9-11-20)31(26(22)33)17-24(32)28-15-19-6-5-7-21(14-19)35-3/h5-11,14H,4,12-13,15-17H2,1-3H3,(H,28,32). The lowest BCUT2D eigenvalue weighted by atomic mass is 10.1. The van der Waals surface area contributed by atoms with Crippen LogP contribution in [0.5, 0.6) is 5.75 Å². The van der Waals surface area contributed by atoms with Crippen LogP contribution in [0, 0.1) is 6.92 Å². The van der Waals surface area contributed by atoms with Crippen LogP contribution in [0.4, 0.5) is 4.79 Å². The smallest absolute Gasteiger partial charge is 0.410 e. The van der Waals surface area contributed by atoms with E-state index in [1.807, 2.05) is 55.5 Å². The first-order valence-electron chi connectivity index (χ1n) is 11.9. The highest BCUT2D eigenvalue weighted by molar-refractivity contribution is 5.76. The van der Waals surface area contributed by atoms with E-state index in [1.165, 1.54) is 4.57 Å². The second-order valence-electron chi connectivity index (χ2n) is 8.62. The first-order valence-corrected chi connectivity index (χ1v) is 11.9. The second-order valence-corrected chi connectivity index (χ2v) is 8.62. The maximum Gasteiger partial charge on any atom is 0.410 e. The molecule has 4 rings (SSSR count). The lowest BCUT2D eigenvalue weighted by molar-refractivity contribution is -0.121.